The summed E-state index contributed by atoms with van der Waals surface area (Å²) in [5, 5.41) is 13.9. The van der Waals surface area contributed by atoms with Gasteiger partial charge in [-0.25, -0.2) is 4.68 Å². The van der Waals surface area contributed by atoms with Crippen LogP contribution in [0.15, 0.2) is 6.33 Å². The van der Waals surface area contributed by atoms with Gasteiger partial charge in [0, 0.05) is 25.7 Å². The Morgan fingerprint density at radius 3 is 3.06 bits per heavy atom. The number of carbonyl (C=O) groups excluding carboxylic acids is 1. The highest BCUT2D eigenvalue weighted by Crippen LogP contribution is 2.03. The zero-order valence-corrected chi connectivity index (χ0v) is 9.85. The lowest BCUT2D eigenvalue weighted by molar-refractivity contribution is -0.134. The zero-order valence-electron chi connectivity index (χ0n) is 9.04. The summed E-state index contributed by atoms with van der Waals surface area (Å²) >= 11 is 0. The predicted molar refractivity (Wildman–Crippen MR) is 59.1 cm³/mol. The summed E-state index contributed by atoms with van der Waals surface area (Å²) < 4.78 is 1.44. The van der Waals surface area contributed by atoms with Crippen molar-refractivity contribution in [1.29, 1.82) is 0 Å². The summed E-state index contributed by atoms with van der Waals surface area (Å²) in [4.78, 5) is 13.7. The van der Waals surface area contributed by atoms with Gasteiger partial charge in [0.15, 0.2) is 0 Å². The number of rotatable bonds is 2. The molecule has 1 aromatic rings. The molecule has 16 heavy (non-hydrogen) atoms. The van der Waals surface area contributed by atoms with Gasteiger partial charge in [-0.15, -0.1) is 17.5 Å². The van der Waals surface area contributed by atoms with Gasteiger partial charge in [-0.3, -0.25) is 4.79 Å². The first-order valence-corrected chi connectivity index (χ1v) is 4.98. The molecule has 0 aliphatic carbocycles. The molecule has 90 valence electrons. The molecule has 1 N–H and O–H groups in total. The molecule has 1 aliphatic heterocycles. The molecule has 1 aliphatic rings. The van der Waals surface area contributed by atoms with Crippen molar-refractivity contribution in [3.05, 3.63) is 6.33 Å². The van der Waals surface area contributed by atoms with Crippen LogP contribution in [0.4, 0.5) is 0 Å². The summed E-state index contributed by atoms with van der Waals surface area (Å²) in [5.41, 5.74) is 0. The van der Waals surface area contributed by atoms with Gasteiger partial charge in [-0.2, -0.15) is 0 Å². The van der Waals surface area contributed by atoms with Gasteiger partial charge < -0.3 is 10.2 Å². The zero-order chi connectivity index (χ0) is 10.7. The first-order valence-electron chi connectivity index (χ1n) is 4.98. The fourth-order valence-corrected chi connectivity index (χ4v) is 1.69. The second kappa shape index (κ2) is 5.76. The molecule has 1 aromatic heterocycles. The lowest BCUT2D eigenvalue weighted by Gasteiger charge is -2.33. The highest BCUT2D eigenvalue weighted by molar-refractivity contribution is 5.85. The molecule has 1 unspecified atom stereocenters. The minimum atomic E-state index is 0. The average molecular weight is 247 g/mol. The maximum Gasteiger partial charge on any atom is 0.244 e. The van der Waals surface area contributed by atoms with Crippen LogP contribution in [-0.4, -0.2) is 56.7 Å². The average Bonchev–Trinajstić information content (AvgIpc) is 2.71. The largest absolute Gasteiger partial charge is 0.336 e. The molecule has 1 fully saturated rings. The van der Waals surface area contributed by atoms with E-state index in [1.54, 1.807) is 0 Å². The highest BCUT2D eigenvalue weighted by atomic mass is 35.5. The summed E-state index contributed by atoms with van der Waals surface area (Å²) in [5.74, 6) is 0.0660. The Morgan fingerprint density at radius 2 is 2.44 bits per heavy atom. The summed E-state index contributed by atoms with van der Waals surface area (Å²) in [6.07, 6.45) is 1.45. The molecular weight excluding hydrogens is 232 g/mol. The normalized spacial score (nSPS) is 20.3. The van der Waals surface area contributed by atoms with Gasteiger partial charge in [0.1, 0.15) is 12.9 Å². The van der Waals surface area contributed by atoms with Crippen molar-refractivity contribution in [1.82, 2.24) is 30.4 Å². The van der Waals surface area contributed by atoms with E-state index in [1.807, 2.05) is 11.8 Å². The summed E-state index contributed by atoms with van der Waals surface area (Å²) in [6.45, 7) is 4.70. The van der Waals surface area contributed by atoms with Crippen LogP contribution in [0.1, 0.15) is 6.92 Å². The van der Waals surface area contributed by atoms with Crippen LogP contribution in [0.5, 0.6) is 0 Å². The summed E-state index contributed by atoms with van der Waals surface area (Å²) in [6, 6.07) is 0.239. The third kappa shape index (κ3) is 2.89. The molecule has 0 radical (unpaired) electrons. The monoisotopic (exact) mass is 246 g/mol. The molecule has 2 heterocycles. The first-order chi connectivity index (χ1) is 7.27. The van der Waals surface area contributed by atoms with Crippen molar-refractivity contribution < 1.29 is 4.79 Å². The molecule has 0 spiro atoms. The fourth-order valence-electron chi connectivity index (χ4n) is 1.69. The molecule has 8 heteroatoms. The minimum Gasteiger partial charge on any atom is -0.336 e. The number of hydrogen-bond acceptors (Lipinski definition) is 5. The van der Waals surface area contributed by atoms with Crippen LogP contribution in [0, 0.1) is 0 Å². The SMILES string of the molecule is CC1CNCCN1C(=O)Cn1cnnn1.Cl. The molecule has 7 nitrogen and oxygen atoms in total. The van der Waals surface area contributed by atoms with Crippen molar-refractivity contribution in [2.24, 2.45) is 0 Å². The van der Waals surface area contributed by atoms with Crippen molar-refractivity contribution in [2.45, 2.75) is 19.5 Å². The van der Waals surface area contributed by atoms with Gasteiger partial charge in [0.25, 0.3) is 0 Å². The van der Waals surface area contributed by atoms with E-state index >= 15 is 0 Å². The number of halogens is 1. The van der Waals surface area contributed by atoms with Gasteiger partial charge in [0.2, 0.25) is 5.91 Å². The summed E-state index contributed by atoms with van der Waals surface area (Å²) in [7, 11) is 0. The Labute approximate surface area is 99.6 Å². The lowest BCUT2D eigenvalue weighted by atomic mass is 10.2. The second-order valence-corrected chi connectivity index (χ2v) is 3.65. The number of tetrazole rings is 1. The van der Waals surface area contributed by atoms with E-state index in [-0.39, 0.29) is 30.9 Å². The van der Waals surface area contributed by atoms with Crippen LogP contribution in [0.2, 0.25) is 0 Å². The molecule has 1 atom stereocenters. The van der Waals surface area contributed by atoms with E-state index in [0.717, 1.165) is 19.6 Å². The van der Waals surface area contributed by atoms with E-state index in [2.05, 4.69) is 20.8 Å². The van der Waals surface area contributed by atoms with Crippen LogP contribution < -0.4 is 5.32 Å². The Balaban J connectivity index is 0.00000128. The number of aromatic nitrogens is 4. The third-order valence-corrected chi connectivity index (χ3v) is 2.51. The van der Waals surface area contributed by atoms with Crippen LogP contribution in [0.3, 0.4) is 0 Å². The molecule has 2 rings (SSSR count). The van der Waals surface area contributed by atoms with E-state index in [0.29, 0.717) is 0 Å². The standard InChI is InChI=1S/C8H14N6O.ClH/c1-7-4-9-2-3-14(7)8(15)5-13-6-10-11-12-13;/h6-7,9H,2-5H2,1H3;1H. The molecule has 0 bridgehead atoms. The van der Waals surface area contributed by atoms with Gasteiger partial charge in [-0.05, 0) is 17.4 Å². The maximum absolute atomic E-state index is 11.9. The van der Waals surface area contributed by atoms with Crippen LogP contribution in [-0.2, 0) is 11.3 Å². The van der Waals surface area contributed by atoms with E-state index < -0.39 is 0 Å². The van der Waals surface area contributed by atoms with E-state index in [9.17, 15) is 4.79 Å². The van der Waals surface area contributed by atoms with E-state index in [4.69, 9.17) is 0 Å². The predicted octanol–water partition coefficient (Wildman–Crippen LogP) is -1.08. The maximum atomic E-state index is 11.9. The van der Waals surface area contributed by atoms with Crippen molar-refractivity contribution in [2.75, 3.05) is 19.6 Å². The quantitative estimate of drug-likeness (QED) is 0.718. The van der Waals surface area contributed by atoms with Crippen LogP contribution in [0.25, 0.3) is 0 Å². The number of nitrogens with zero attached hydrogens (tertiary/aromatic N) is 5. The Hall–Kier alpha value is -1.21. The molecule has 0 aromatic carbocycles. The van der Waals surface area contributed by atoms with Crippen molar-refractivity contribution >= 4 is 18.3 Å². The topological polar surface area (TPSA) is 75.9 Å². The number of piperazine rings is 1. The molecule has 1 saturated heterocycles. The number of hydrogen-bond donors (Lipinski definition) is 1. The van der Waals surface area contributed by atoms with Crippen molar-refractivity contribution in [3.8, 4) is 0 Å². The van der Waals surface area contributed by atoms with Crippen LogP contribution >= 0.6 is 12.4 Å². The Kier molecular flexibility index (Phi) is 4.63. The Bertz CT molecular complexity index is 329. The Morgan fingerprint density at radius 1 is 1.62 bits per heavy atom. The second-order valence-electron chi connectivity index (χ2n) is 3.65. The van der Waals surface area contributed by atoms with Gasteiger partial charge >= 0.3 is 0 Å². The molecule has 1 amide bonds. The number of carbonyl (C=O) groups is 1. The molecular formula is C8H15ClN6O. The minimum absolute atomic E-state index is 0. The first kappa shape index (κ1) is 12.9. The van der Waals surface area contributed by atoms with Gasteiger partial charge in [0.05, 0.1) is 0 Å². The molecule has 0 saturated carbocycles. The fraction of sp³-hybridized carbons (Fsp3) is 0.750. The third-order valence-electron chi connectivity index (χ3n) is 2.51. The smallest absolute Gasteiger partial charge is 0.244 e. The number of nitrogens with one attached hydrogen (secondary N) is 1. The number of amides is 1. The van der Waals surface area contributed by atoms with Crippen molar-refractivity contribution in [3.63, 3.8) is 0 Å². The van der Waals surface area contributed by atoms with Gasteiger partial charge in [-0.1, -0.05) is 0 Å². The lowest BCUT2D eigenvalue weighted by Crippen LogP contribution is -2.53. The highest BCUT2D eigenvalue weighted by Gasteiger charge is 2.22. The van der Waals surface area contributed by atoms with E-state index in [1.165, 1.54) is 11.0 Å².